The first kappa shape index (κ1) is 23.4. The van der Waals surface area contributed by atoms with Crippen molar-refractivity contribution < 1.29 is 14.4 Å². The topological polar surface area (TPSA) is 96.4 Å². The van der Waals surface area contributed by atoms with Crippen LogP contribution in [0.15, 0.2) is 31.0 Å². The Bertz CT molecular complexity index is 476. The average Bonchev–Trinajstić information content (AvgIpc) is 2.50. The van der Waals surface area contributed by atoms with Crippen LogP contribution < -0.4 is 5.73 Å². The van der Waals surface area contributed by atoms with Gasteiger partial charge < -0.3 is 15.5 Å². The van der Waals surface area contributed by atoms with E-state index >= 15 is 0 Å². The summed E-state index contributed by atoms with van der Waals surface area (Å²) in [5.41, 5.74) is 6.55. The van der Waals surface area contributed by atoms with Gasteiger partial charge in [-0.3, -0.25) is 9.55 Å². The molecule has 1 aromatic heterocycles. The molecule has 0 saturated heterocycles. The van der Waals surface area contributed by atoms with E-state index in [0.717, 1.165) is 17.0 Å². The molecule has 0 saturated carbocycles. The second-order valence-electron chi connectivity index (χ2n) is 3.92. The van der Waals surface area contributed by atoms with Crippen LogP contribution in [0.4, 0.5) is 0 Å². The Morgan fingerprint density at radius 1 is 1.45 bits per heavy atom. The van der Waals surface area contributed by atoms with Gasteiger partial charge in [-0.25, -0.2) is 0 Å². The fraction of sp³-hybridized carbons (Fsp3) is 0.400. The molecule has 1 heterocycles. The van der Waals surface area contributed by atoms with Gasteiger partial charge in [0.25, 0.3) is 0 Å². The van der Waals surface area contributed by atoms with Crippen LogP contribution in [0.3, 0.4) is 0 Å². The van der Waals surface area contributed by atoms with Crippen molar-refractivity contribution in [1.29, 1.82) is 0 Å². The van der Waals surface area contributed by atoms with Crippen LogP contribution in [0.2, 0.25) is 0 Å². The van der Waals surface area contributed by atoms with Crippen LogP contribution in [0.25, 0.3) is 12.2 Å². The fourth-order valence-electron chi connectivity index (χ4n) is 1.34. The molecule has 1 rings (SSSR count). The number of hydrogen-bond acceptors (Lipinski definition) is 4. The van der Waals surface area contributed by atoms with E-state index in [1.54, 1.807) is 24.0 Å². The molecule has 0 radical (unpaired) electrons. The molecule has 0 aromatic carbocycles. The van der Waals surface area contributed by atoms with Crippen LogP contribution in [-0.4, -0.2) is 40.0 Å². The zero-order valence-electron chi connectivity index (χ0n) is 13.5. The fourth-order valence-corrected chi connectivity index (χ4v) is 2.55. The first-order valence-electron chi connectivity index (χ1n) is 6.76. The molecule has 0 bridgehead atoms. The molecule has 0 aliphatic rings. The van der Waals surface area contributed by atoms with Crippen LogP contribution in [0, 0.1) is 0 Å². The Morgan fingerprint density at radius 3 is 2.55 bits per heavy atom. The highest BCUT2D eigenvalue weighted by atomic mass is 32.2. The molecule has 0 fully saturated rings. The second-order valence-corrected chi connectivity index (χ2v) is 6.68. The monoisotopic (exact) mass is 346 g/mol. The third-order valence-corrected chi connectivity index (χ3v) is 3.80. The highest BCUT2D eigenvalue weighted by Crippen LogP contribution is 2.34. The lowest BCUT2D eigenvalue weighted by molar-refractivity contribution is 0.372. The van der Waals surface area contributed by atoms with Crippen molar-refractivity contribution in [2.45, 2.75) is 13.3 Å². The van der Waals surface area contributed by atoms with E-state index in [4.69, 9.17) is 9.79 Å². The molecule has 5 nitrogen and oxygen atoms in total. The van der Waals surface area contributed by atoms with E-state index in [0.29, 0.717) is 6.42 Å². The Labute approximate surface area is 137 Å². The molecule has 0 aliphatic carbocycles. The SMILES string of the molecule is C=Cc1ncccc1/C=C\C.CN.CSCCCP(=O)(O)O. The predicted octanol–water partition coefficient (Wildman–Crippen LogP) is 3.25. The second kappa shape index (κ2) is 15.0. The molecule has 0 unspecified atom stereocenters. The standard InChI is InChI=1S/C10H11N.C4H11O3PS.CH5N/c1-3-6-9-7-5-8-11-10(9)4-2;1-9-4-2-3-8(5,6)7;1-2/h3-8H,2H2,1H3;2-4H2,1H3,(H2,5,6,7);2H2,1H3/b6-3-;;. The normalized spacial score (nSPS) is 10.3. The molecule has 7 heteroatoms. The Balaban J connectivity index is 0. The van der Waals surface area contributed by atoms with E-state index in [1.165, 1.54) is 7.05 Å². The number of thioether (sulfide) groups is 1. The molecule has 0 amide bonds. The van der Waals surface area contributed by atoms with Crippen LogP contribution >= 0.6 is 19.4 Å². The minimum Gasteiger partial charge on any atom is -0.333 e. The highest BCUT2D eigenvalue weighted by molar-refractivity contribution is 7.98. The van der Waals surface area contributed by atoms with Crippen molar-refractivity contribution in [2.75, 3.05) is 25.2 Å². The van der Waals surface area contributed by atoms with Gasteiger partial charge >= 0.3 is 7.60 Å². The molecular formula is C15H27N2O3PS. The molecule has 0 atom stereocenters. The minimum absolute atomic E-state index is 0.0217. The molecule has 0 spiro atoms. The Morgan fingerprint density at radius 2 is 2.09 bits per heavy atom. The van der Waals surface area contributed by atoms with Crippen LogP contribution in [-0.2, 0) is 4.57 Å². The molecule has 126 valence electrons. The maximum absolute atomic E-state index is 10.2. The third kappa shape index (κ3) is 14.0. The van der Waals surface area contributed by atoms with Gasteiger partial charge in [-0.2, -0.15) is 11.8 Å². The lowest BCUT2D eigenvalue weighted by Crippen LogP contribution is -1.88. The summed E-state index contributed by atoms with van der Waals surface area (Å²) >= 11 is 1.60. The summed E-state index contributed by atoms with van der Waals surface area (Å²) in [5, 5.41) is 0. The van der Waals surface area contributed by atoms with Gasteiger partial charge in [0, 0.05) is 6.20 Å². The molecular weight excluding hydrogens is 319 g/mol. The van der Waals surface area contributed by atoms with Gasteiger partial charge in [-0.05, 0) is 50.1 Å². The van der Waals surface area contributed by atoms with E-state index in [2.05, 4.69) is 17.3 Å². The van der Waals surface area contributed by atoms with Crippen molar-refractivity contribution in [2.24, 2.45) is 5.73 Å². The maximum atomic E-state index is 10.2. The van der Waals surface area contributed by atoms with Gasteiger partial charge in [0.1, 0.15) is 0 Å². The summed E-state index contributed by atoms with van der Waals surface area (Å²) < 4.78 is 10.2. The number of nitrogens with zero attached hydrogens (tertiary/aromatic N) is 1. The Kier molecular flexibility index (Phi) is 15.9. The van der Waals surface area contributed by atoms with Crippen LogP contribution in [0.1, 0.15) is 24.6 Å². The average molecular weight is 346 g/mol. The number of pyridine rings is 1. The third-order valence-electron chi connectivity index (χ3n) is 2.21. The number of rotatable bonds is 6. The van der Waals surface area contributed by atoms with Crippen molar-refractivity contribution >= 4 is 31.5 Å². The first-order chi connectivity index (χ1) is 10.4. The van der Waals surface area contributed by atoms with Crippen molar-refractivity contribution in [3.63, 3.8) is 0 Å². The molecule has 4 N–H and O–H groups in total. The molecule has 0 aliphatic heterocycles. The summed E-state index contributed by atoms with van der Waals surface area (Å²) in [4.78, 5) is 20.8. The smallest absolute Gasteiger partial charge is 0.325 e. The van der Waals surface area contributed by atoms with Gasteiger partial charge in [0.2, 0.25) is 0 Å². The zero-order chi connectivity index (χ0) is 17.4. The largest absolute Gasteiger partial charge is 0.333 e. The summed E-state index contributed by atoms with van der Waals surface area (Å²) in [6, 6.07) is 3.94. The van der Waals surface area contributed by atoms with Crippen molar-refractivity contribution in [1.82, 2.24) is 4.98 Å². The molecule has 22 heavy (non-hydrogen) atoms. The van der Waals surface area contributed by atoms with Crippen molar-refractivity contribution in [3.05, 3.63) is 42.2 Å². The van der Waals surface area contributed by atoms with Crippen molar-refractivity contribution in [3.8, 4) is 0 Å². The Hall–Kier alpha value is -0.910. The maximum Gasteiger partial charge on any atom is 0.325 e. The summed E-state index contributed by atoms with van der Waals surface area (Å²) in [6.07, 6.45) is 10.1. The van der Waals surface area contributed by atoms with Gasteiger partial charge in [0.05, 0.1) is 11.9 Å². The number of allylic oxidation sites excluding steroid dienone is 1. The highest BCUT2D eigenvalue weighted by Gasteiger charge is 2.10. The number of hydrogen-bond donors (Lipinski definition) is 3. The summed E-state index contributed by atoms with van der Waals surface area (Å²) in [5.74, 6) is 0.825. The van der Waals surface area contributed by atoms with Crippen LogP contribution in [0.5, 0.6) is 0 Å². The van der Waals surface area contributed by atoms with Gasteiger partial charge in [-0.1, -0.05) is 24.8 Å². The predicted molar refractivity (Wildman–Crippen MR) is 99.1 cm³/mol. The van der Waals surface area contributed by atoms with E-state index < -0.39 is 7.60 Å². The minimum atomic E-state index is -3.71. The molecule has 1 aromatic rings. The van der Waals surface area contributed by atoms with E-state index in [9.17, 15) is 4.57 Å². The first-order valence-corrected chi connectivity index (χ1v) is 9.95. The summed E-state index contributed by atoms with van der Waals surface area (Å²) in [6.45, 7) is 5.66. The van der Waals surface area contributed by atoms with Gasteiger partial charge in [-0.15, -0.1) is 0 Å². The van der Waals surface area contributed by atoms with Gasteiger partial charge in [0.15, 0.2) is 0 Å². The quantitative estimate of drug-likeness (QED) is 0.540. The lowest BCUT2D eigenvalue weighted by Gasteiger charge is -2.00. The lowest BCUT2D eigenvalue weighted by atomic mass is 10.2. The van der Waals surface area contributed by atoms with E-state index in [-0.39, 0.29) is 6.16 Å². The number of nitrogens with two attached hydrogens (primary N) is 1. The van der Waals surface area contributed by atoms with E-state index in [1.807, 2.05) is 37.5 Å². The zero-order valence-corrected chi connectivity index (χ0v) is 15.2. The summed E-state index contributed by atoms with van der Waals surface area (Å²) in [7, 11) is -2.21. The number of aromatic nitrogens is 1.